The van der Waals surface area contributed by atoms with E-state index in [2.05, 4.69) is 17.6 Å². The molecule has 1 fully saturated rings. The molecule has 104 valence electrons. The van der Waals surface area contributed by atoms with Crippen molar-refractivity contribution < 1.29 is 4.79 Å². The highest BCUT2D eigenvalue weighted by Gasteiger charge is 2.19. The minimum Gasteiger partial charge on any atom is -0.325 e. The molecule has 2 unspecified atom stereocenters. The quantitative estimate of drug-likeness (QED) is 0.816. The second kappa shape index (κ2) is 7.29. The summed E-state index contributed by atoms with van der Waals surface area (Å²) in [5, 5.41) is 6.33. The maximum atomic E-state index is 11.9. The molecule has 0 heterocycles. The minimum atomic E-state index is 0.0441. The predicted molar refractivity (Wildman–Crippen MR) is 79.1 cm³/mol. The fourth-order valence-electron chi connectivity index (χ4n) is 2.75. The van der Waals surface area contributed by atoms with Crippen molar-refractivity contribution in [3.05, 3.63) is 30.3 Å². The lowest BCUT2D eigenvalue weighted by atomic mass is 9.97. The average molecular weight is 260 g/mol. The van der Waals surface area contributed by atoms with Crippen LogP contribution < -0.4 is 10.6 Å². The summed E-state index contributed by atoms with van der Waals surface area (Å²) >= 11 is 0. The molecule has 1 aliphatic carbocycles. The number of para-hydroxylation sites is 1. The lowest BCUT2D eigenvalue weighted by Gasteiger charge is -2.22. The van der Waals surface area contributed by atoms with Crippen LogP contribution in [0.5, 0.6) is 0 Å². The van der Waals surface area contributed by atoms with Crippen molar-refractivity contribution in [1.82, 2.24) is 5.32 Å². The summed E-state index contributed by atoms with van der Waals surface area (Å²) in [7, 11) is 0. The Bertz CT molecular complexity index is 391. The SMILES string of the molecule is CC1CCCCCC1NCC(=O)Nc1ccccc1. The van der Waals surface area contributed by atoms with E-state index in [0.29, 0.717) is 18.5 Å². The molecule has 2 N–H and O–H groups in total. The first-order chi connectivity index (χ1) is 9.25. The number of nitrogens with one attached hydrogen (secondary N) is 2. The standard InChI is InChI=1S/C16H24N2O/c1-13-8-4-2-7-11-15(13)17-12-16(19)18-14-9-5-3-6-10-14/h3,5-6,9-10,13,15,17H,2,4,7-8,11-12H2,1H3,(H,18,19). The van der Waals surface area contributed by atoms with Crippen molar-refractivity contribution in [3.63, 3.8) is 0 Å². The van der Waals surface area contributed by atoms with Crippen molar-refractivity contribution in [3.8, 4) is 0 Å². The number of carbonyl (C=O) groups excluding carboxylic acids is 1. The van der Waals surface area contributed by atoms with Gasteiger partial charge in [-0.2, -0.15) is 0 Å². The number of carbonyl (C=O) groups is 1. The van der Waals surface area contributed by atoms with E-state index < -0.39 is 0 Å². The molecule has 2 rings (SSSR count). The Morgan fingerprint density at radius 1 is 1.16 bits per heavy atom. The Morgan fingerprint density at radius 3 is 2.68 bits per heavy atom. The monoisotopic (exact) mass is 260 g/mol. The normalized spacial score (nSPS) is 23.6. The van der Waals surface area contributed by atoms with Gasteiger partial charge in [-0.3, -0.25) is 4.79 Å². The summed E-state index contributed by atoms with van der Waals surface area (Å²) in [6.07, 6.45) is 6.41. The van der Waals surface area contributed by atoms with Crippen LogP contribution in [0.4, 0.5) is 5.69 Å². The highest BCUT2D eigenvalue weighted by molar-refractivity contribution is 5.92. The summed E-state index contributed by atoms with van der Waals surface area (Å²) < 4.78 is 0. The molecule has 2 atom stereocenters. The summed E-state index contributed by atoms with van der Waals surface area (Å²) in [6, 6.07) is 10.1. The van der Waals surface area contributed by atoms with Crippen molar-refractivity contribution in [2.45, 2.75) is 45.1 Å². The molecule has 1 aromatic rings. The number of anilines is 1. The maximum absolute atomic E-state index is 11.9. The van der Waals surface area contributed by atoms with Gasteiger partial charge in [-0.25, -0.2) is 0 Å². The van der Waals surface area contributed by atoms with Crippen LogP contribution in [0.2, 0.25) is 0 Å². The second-order valence-electron chi connectivity index (χ2n) is 5.52. The van der Waals surface area contributed by atoms with Crippen LogP contribution in [0, 0.1) is 5.92 Å². The van der Waals surface area contributed by atoms with E-state index in [0.717, 1.165) is 5.69 Å². The molecule has 1 saturated carbocycles. The van der Waals surface area contributed by atoms with Gasteiger partial charge in [0.25, 0.3) is 0 Å². The maximum Gasteiger partial charge on any atom is 0.238 e. The zero-order valence-electron chi connectivity index (χ0n) is 11.7. The largest absolute Gasteiger partial charge is 0.325 e. The van der Waals surface area contributed by atoms with Crippen molar-refractivity contribution in [2.24, 2.45) is 5.92 Å². The molecule has 3 nitrogen and oxygen atoms in total. The zero-order valence-corrected chi connectivity index (χ0v) is 11.7. The molecule has 0 aromatic heterocycles. The first-order valence-electron chi connectivity index (χ1n) is 7.34. The topological polar surface area (TPSA) is 41.1 Å². The Morgan fingerprint density at radius 2 is 1.89 bits per heavy atom. The molecule has 1 aromatic carbocycles. The lowest BCUT2D eigenvalue weighted by Crippen LogP contribution is -2.39. The number of benzene rings is 1. The molecule has 1 amide bonds. The molecule has 0 radical (unpaired) electrons. The highest BCUT2D eigenvalue weighted by Crippen LogP contribution is 2.22. The first-order valence-corrected chi connectivity index (χ1v) is 7.34. The smallest absolute Gasteiger partial charge is 0.238 e. The van der Waals surface area contributed by atoms with Crippen LogP contribution in [-0.4, -0.2) is 18.5 Å². The predicted octanol–water partition coefficient (Wildman–Crippen LogP) is 3.18. The van der Waals surface area contributed by atoms with Gasteiger partial charge in [-0.15, -0.1) is 0 Å². The van der Waals surface area contributed by atoms with Gasteiger partial charge in [0.1, 0.15) is 0 Å². The van der Waals surface area contributed by atoms with Crippen molar-refractivity contribution in [1.29, 1.82) is 0 Å². The van der Waals surface area contributed by atoms with E-state index in [4.69, 9.17) is 0 Å². The molecule has 0 spiro atoms. The van der Waals surface area contributed by atoms with Crippen LogP contribution in [0.3, 0.4) is 0 Å². The van der Waals surface area contributed by atoms with Gasteiger partial charge in [0.15, 0.2) is 0 Å². The summed E-state index contributed by atoms with van der Waals surface area (Å²) in [4.78, 5) is 11.9. The van der Waals surface area contributed by atoms with Crippen LogP contribution in [0.15, 0.2) is 30.3 Å². The van der Waals surface area contributed by atoms with Gasteiger partial charge < -0.3 is 10.6 Å². The van der Waals surface area contributed by atoms with Gasteiger partial charge in [0.05, 0.1) is 6.54 Å². The third-order valence-electron chi connectivity index (χ3n) is 3.94. The molecule has 1 aliphatic rings. The Labute approximate surface area is 115 Å². The molecule has 0 aliphatic heterocycles. The van der Waals surface area contributed by atoms with E-state index in [1.807, 2.05) is 30.3 Å². The Hall–Kier alpha value is -1.35. The van der Waals surface area contributed by atoms with E-state index >= 15 is 0 Å². The van der Waals surface area contributed by atoms with Crippen LogP contribution in [-0.2, 0) is 4.79 Å². The fraction of sp³-hybridized carbons (Fsp3) is 0.562. The molecule has 0 bridgehead atoms. The molecule has 19 heavy (non-hydrogen) atoms. The van der Waals surface area contributed by atoms with Crippen LogP contribution in [0.25, 0.3) is 0 Å². The van der Waals surface area contributed by atoms with Crippen molar-refractivity contribution >= 4 is 11.6 Å². The summed E-state index contributed by atoms with van der Waals surface area (Å²) in [5.41, 5.74) is 0.864. The van der Waals surface area contributed by atoms with Gasteiger partial charge in [0.2, 0.25) is 5.91 Å². The van der Waals surface area contributed by atoms with Crippen LogP contribution >= 0.6 is 0 Å². The van der Waals surface area contributed by atoms with E-state index in [1.54, 1.807) is 0 Å². The zero-order chi connectivity index (χ0) is 13.5. The molecular formula is C16H24N2O. The van der Waals surface area contributed by atoms with Gasteiger partial charge in [-0.1, -0.05) is 44.4 Å². The lowest BCUT2D eigenvalue weighted by molar-refractivity contribution is -0.115. The Balaban J connectivity index is 1.76. The number of amides is 1. The number of hydrogen-bond donors (Lipinski definition) is 2. The molecule has 0 saturated heterocycles. The van der Waals surface area contributed by atoms with Crippen molar-refractivity contribution in [2.75, 3.05) is 11.9 Å². The van der Waals surface area contributed by atoms with E-state index in [9.17, 15) is 4.79 Å². The minimum absolute atomic E-state index is 0.0441. The average Bonchev–Trinajstić information content (AvgIpc) is 2.62. The Kier molecular flexibility index (Phi) is 5.40. The third-order valence-corrected chi connectivity index (χ3v) is 3.94. The highest BCUT2D eigenvalue weighted by atomic mass is 16.1. The van der Waals surface area contributed by atoms with E-state index in [1.165, 1.54) is 32.1 Å². The third kappa shape index (κ3) is 4.67. The molecule has 3 heteroatoms. The van der Waals surface area contributed by atoms with E-state index in [-0.39, 0.29) is 5.91 Å². The van der Waals surface area contributed by atoms with Gasteiger partial charge in [0, 0.05) is 11.7 Å². The fourth-order valence-corrected chi connectivity index (χ4v) is 2.75. The van der Waals surface area contributed by atoms with Gasteiger partial charge >= 0.3 is 0 Å². The first kappa shape index (κ1) is 14.1. The van der Waals surface area contributed by atoms with Crippen LogP contribution in [0.1, 0.15) is 39.0 Å². The number of rotatable bonds is 4. The molecular weight excluding hydrogens is 236 g/mol. The summed E-state index contributed by atoms with van der Waals surface area (Å²) in [6.45, 7) is 2.70. The van der Waals surface area contributed by atoms with Gasteiger partial charge in [-0.05, 0) is 30.9 Å². The number of hydrogen-bond acceptors (Lipinski definition) is 2. The summed E-state index contributed by atoms with van der Waals surface area (Å²) in [5.74, 6) is 0.717. The second-order valence-corrected chi connectivity index (χ2v) is 5.52.